The maximum atomic E-state index is 11.0. The van der Waals surface area contributed by atoms with E-state index in [1.54, 1.807) is 0 Å². The molecule has 1 fully saturated rings. The van der Waals surface area contributed by atoms with Crippen LogP contribution < -0.4 is 0 Å². The molecule has 0 aromatic carbocycles. The van der Waals surface area contributed by atoms with Gasteiger partial charge in [0.05, 0.1) is 24.7 Å². The second-order valence-electron chi connectivity index (χ2n) is 8.66. The summed E-state index contributed by atoms with van der Waals surface area (Å²) in [6.07, 6.45) is 11.8. The summed E-state index contributed by atoms with van der Waals surface area (Å²) in [5, 5.41) is 18.9. The molecular weight excluding hydrogens is 376 g/mol. The van der Waals surface area contributed by atoms with Crippen molar-refractivity contribution in [3.05, 3.63) is 35.5 Å². The van der Waals surface area contributed by atoms with Crippen LogP contribution in [0.2, 0.25) is 0 Å². The molecule has 6 unspecified atom stereocenters. The largest absolute Gasteiger partial charge is 0.481 e. The van der Waals surface area contributed by atoms with Crippen molar-refractivity contribution in [3.8, 4) is 0 Å². The van der Waals surface area contributed by atoms with Crippen molar-refractivity contribution < 1.29 is 19.7 Å². The smallest absolute Gasteiger partial charge is 0.305 e. The van der Waals surface area contributed by atoms with Gasteiger partial charge in [-0.15, -0.1) is 0 Å². The topological polar surface area (TPSA) is 66.8 Å². The molecule has 1 aliphatic heterocycles. The quantitative estimate of drug-likeness (QED) is 0.309. The van der Waals surface area contributed by atoms with Crippen LogP contribution in [0.25, 0.3) is 0 Å². The number of carbonyl (C=O) groups is 1. The Morgan fingerprint density at radius 2 is 1.83 bits per heavy atom. The second kappa shape index (κ2) is 15.4. The van der Waals surface area contributed by atoms with E-state index in [4.69, 9.17) is 9.84 Å². The molecular formula is C26H46O4. The fourth-order valence-electron chi connectivity index (χ4n) is 3.98. The maximum absolute atomic E-state index is 11.0. The third-order valence-corrected chi connectivity index (χ3v) is 5.67. The van der Waals surface area contributed by atoms with Gasteiger partial charge in [-0.1, -0.05) is 71.4 Å². The third-order valence-electron chi connectivity index (χ3n) is 5.67. The van der Waals surface area contributed by atoms with Crippen molar-refractivity contribution in [3.63, 3.8) is 0 Å². The lowest BCUT2D eigenvalue weighted by atomic mass is 9.88. The van der Waals surface area contributed by atoms with Crippen LogP contribution >= 0.6 is 0 Å². The summed E-state index contributed by atoms with van der Waals surface area (Å²) in [7, 11) is 0. The number of carboxylic acids is 1. The van der Waals surface area contributed by atoms with Gasteiger partial charge in [0, 0.05) is 5.92 Å². The minimum absolute atomic E-state index is 0.00364. The minimum Gasteiger partial charge on any atom is -0.481 e. The molecule has 0 amide bonds. The molecule has 1 rings (SSSR count). The van der Waals surface area contributed by atoms with Crippen molar-refractivity contribution in [2.45, 2.75) is 106 Å². The lowest BCUT2D eigenvalue weighted by molar-refractivity contribution is -0.143. The predicted octanol–water partition coefficient (Wildman–Crippen LogP) is 6.55. The number of aliphatic hydroxyl groups is 1. The molecule has 0 spiro atoms. The summed E-state index contributed by atoms with van der Waals surface area (Å²) >= 11 is 0. The van der Waals surface area contributed by atoms with E-state index in [1.165, 1.54) is 5.57 Å². The zero-order chi connectivity index (χ0) is 23.3. The lowest BCUT2D eigenvalue weighted by Gasteiger charge is -2.35. The molecule has 6 atom stereocenters. The van der Waals surface area contributed by atoms with Crippen molar-refractivity contribution in [2.75, 3.05) is 0 Å². The first-order valence-electron chi connectivity index (χ1n) is 11.7. The molecule has 1 heterocycles. The van der Waals surface area contributed by atoms with Crippen LogP contribution in [0.1, 0.15) is 87.5 Å². The van der Waals surface area contributed by atoms with Gasteiger partial charge in [0.1, 0.15) is 0 Å². The molecule has 30 heavy (non-hydrogen) atoms. The Hall–Kier alpha value is -1.39. The van der Waals surface area contributed by atoms with Crippen LogP contribution in [0.5, 0.6) is 0 Å². The molecule has 4 nitrogen and oxygen atoms in total. The van der Waals surface area contributed by atoms with Crippen LogP contribution in [0.3, 0.4) is 0 Å². The molecule has 1 aliphatic rings. The number of hydrogen-bond acceptors (Lipinski definition) is 3. The van der Waals surface area contributed by atoms with Crippen LogP contribution in [0.4, 0.5) is 0 Å². The molecule has 0 aromatic heterocycles. The number of rotatable bonds is 10. The maximum Gasteiger partial charge on any atom is 0.305 e. The van der Waals surface area contributed by atoms with Gasteiger partial charge >= 0.3 is 5.97 Å². The first-order valence-corrected chi connectivity index (χ1v) is 11.7. The summed E-state index contributed by atoms with van der Waals surface area (Å²) < 4.78 is 6.05. The molecule has 0 saturated carbocycles. The highest BCUT2D eigenvalue weighted by molar-refractivity contribution is 5.67. The van der Waals surface area contributed by atoms with Gasteiger partial charge in [-0.2, -0.15) is 0 Å². The number of aliphatic hydroxyl groups excluding tert-OH is 1. The van der Waals surface area contributed by atoms with E-state index in [-0.39, 0.29) is 30.7 Å². The lowest BCUT2D eigenvalue weighted by Crippen LogP contribution is -2.35. The minimum atomic E-state index is -0.794. The monoisotopic (exact) mass is 422 g/mol. The first-order chi connectivity index (χ1) is 14.1. The Bertz CT molecular complexity index is 576. The average Bonchev–Trinajstić information content (AvgIpc) is 2.69. The van der Waals surface area contributed by atoms with Crippen LogP contribution in [-0.4, -0.2) is 34.5 Å². The fourth-order valence-corrected chi connectivity index (χ4v) is 3.98. The van der Waals surface area contributed by atoms with E-state index < -0.39 is 5.97 Å². The van der Waals surface area contributed by atoms with E-state index >= 15 is 0 Å². The zero-order valence-electron chi connectivity index (χ0n) is 20.5. The fraction of sp³-hybridized carbons (Fsp3) is 0.731. The van der Waals surface area contributed by atoms with Crippen molar-refractivity contribution in [2.24, 2.45) is 17.8 Å². The number of ether oxygens (including phenoxy) is 1. The Balaban J connectivity index is 0.00000407. The molecule has 0 radical (unpaired) electrons. The highest BCUT2D eigenvalue weighted by atomic mass is 16.5. The van der Waals surface area contributed by atoms with Crippen LogP contribution in [-0.2, 0) is 9.53 Å². The summed E-state index contributed by atoms with van der Waals surface area (Å²) in [6, 6.07) is 0. The van der Waals surface area contributed by atoms with E-state index in [9.17, 15) is 9.90 Å². The van der Waals surface area contributed by atoms with E-state index in [1.807, 2.05) is 20.8 Å². The van der Waals surface area contributed by atoms with Gasteiger partial charge in [0.2, 0.25) is 0 Å². The van der Waals surface area contributed by atoms with Gasteiger partial charge in [-0.3, -0.25) is 4.79 Å². The first kappa shape index (κ1) is 28.6. The molecule has 174 valence electrons. The molecule has 0 bridgehead atoms. The zero-order valence-corrected chi connectivity index (χ0v) is 20.5. The summed E-state index contributed by atoms with van der Waals surface area (Å²) in [4.78, 5) is 11.0. The Kier molecular flexibility index (Phi) is 14.7. The highest BCUT2D eigenvalue weighted by Crippen LogP contribution is 2.30. The Morgan fingerprint density at radius 1 is 1.20 bits per heavy atom. The Morgan fingerprint density at radius 3 is 2.40 bits per heavy atom. The van der Waals surface area contributed by atoms with Crippen LogP contribution in [0.15, 0.2) is 35.5 Å². The third kappa shape index (κ3) is 11.1. The number of aliphatic carboxylic acids is 1. The summed E-state index contributed by atoms with van der Waals surface area (Å²) in [5.41, 5.74) is 2.46. The summed E-state index contributed by atoms with van der Waals surface area (Å²) in [5.74, 6) is 0.212. The highest BCUT2D eigenvalue weighted by Gasteiger charge is 2.30. The van der Waals surface area contributed by atoms with Crippen molar-refractivity contribution >= 4 is 5.97 Å². The number of hydrogen-bond donors (Lipinski definition) is 2. The summed E-state index contributed by atoms with van der Waals surface area (Å²) in [6.45, 7) is 16.6. The molecule has 2 N–H and O–H groups in total. The van der Waals surface area contributed by atoms with Gasteiger partial charge in [-0.05, 0) is 56.9 Å². The van der Waals surface area contributed by atoms with E-state index in [0.717, 1.165) is 31.3 Å². The predicted molar refractivity (Wildman–Crippen MR) is 127 cm³/mol. The van der Waals surface area contributed by atoms with E-state index in [0.29, 0.717) is 11.8 Å². The molecule has 0 aromatic rings. The van der Waals surface area contributed by atoms with Crippen LogP contribution in [0, 0.1) is 17.8 Å². The van der Waals surface area contributed by atoms with Gasteiger partial charge in [0.25, 0.3) is 0 Å². The molecule has 4 heteroatoms. The number of allylic oxidation sites excluding steroid dienone is 4. The SMILES string of the molecule is CC.CCC(O)C(C)/C=C(\C)CC(C)/C=C/C=C(\C)C1OC(CC(=O)O)CCC1C. The normalized spacial score (nSPS) is 26.0. The average molecular weight is 423 g/mol. The van der Waals surface area contributed by atoms with Gasteiger partial charge < -0.3 is 14.9 Å². The molecule has 0 aliphatic carbocycles. The van der Waals surface area contributed by atoms with Crippen molar-refractivity contribution in [1.29, 1.82) is 0 Å². The van der Waals surface area contributed by atoms with E-state index in [2.05, 4.69) is 58.9 Å². The van der Waals surface area contributed by atoms with Gasteiger partial charge in [0.15, 0.2) is 0 Å². The second-order valence-corrected chi connectivity index (χ2v) is 8.66. The standard InChI is InChI=1S/C24H40O4.C2H6/c1-7-22(25)20(6)14-17(3)13-16(2)9-8-10-18(4)24-19(5)11-12-21(28-24)15-23(26)27;1-2/h8-10,14,16,19-22,24-25H,7,11-13,15H2,1-6H3,(H,26,27);1-2H3/b9-8+,17-14+,18-10+;. The van der Waals surface area contributed by atoms with Gasteiger partial charge in [-0.25, -0.2) is 0 Å². The Labute approximate surface area is 185 Å². The number of carboxylic acid groups (broad SMARTS) is 1. The van der Waals surface area contributed by atoms with Crippen molar-refractivity contribution in [1.82, 2.24) is 0 Å². The molecule has 1 saturated heterocycles.